The predicted molar refractivity (Wildman–Crippen MR) is 73.3 cm³/mol. The fourth-order valence-corrected chi connectivity index (χ4v) is 3.58. The monoisotopic (exact) mass is 261 g/mol. The molecule has 1 saturated carbocycles. The Kier molecular flexibility index (Phi) is 3.05. The van der Waals surface area contributed by atoms with Crippen molar-refractivity contribution in [3.8, 4) is 0 Å². The molecule has 0 spiro atoms. The van der Waals surface area contributed by atoms with Crippen molar-refractivity contribution in [3.05, 3.63) is 17.8 Å². The molecule has 0 amide bonds. The Labute approximate surface area is 112 Å². The van der Waals surface area contributed by atoms with Crippen LogP contribution in [0.2, 0.25) is 0 Å². The van der Waals surface area contributed by atoms with Gasteiger partial charge in [-0.3, -0.25) is 0 Å². The number of hydrogen-bond acceptors (Lipinski definition) is 4. The van der Waals surface area contributed by atoms with E-state index < -0.39 is 5.97 Å². The first-order chi connectivity index (χ1) is 9.16. The van der Waals surface area contributed by atoms with E-state index in [0.717, 1.165) is 19.4 Å². The number of nitrogens with zero attached hydrogens (tertiary/aromatic N) is 2. The van der Waals surface area contributed by atoms with Gasteiger partial charge >= 0.3 is 5.97 Å². The van der Waals surface area contributed by atoms with Crippen molar-refractivity contribution in [1.29, 1.82) is 0 Å². The average molecular weight is 261 g/mol. The number of nitrogen functional groups attached to an aromatic ring is 1. The molecule has 1 aliphatic heterocycles. The summed E-state index contributed by atoms with van der Waals surface area (Å²) in [5.41, 5.74) is 6.29. The minimum absolute atomic E-state index is 0.229. The van der Waals surface area contributed by atoms with Crippen LogP contribution in [0, 0.1) is 5.92 Å². The maximum atomic E-state index is 11.4. The molecule has 1 aromatic heterocycles. The molecule has 5 nitrogen and oxygen atoms in total. The topological polar surface area (TPSA) is 79.5 Å². The molecule has 2 fully saturated rings. The predicted octanol–water partition coefficient (Wildman–Crippen LogP) is 2.13. The zero-order chi connectivity index (χ0) is 13.4. The number of piperidine rings is 1. The van der Waals surface area contributed by atoms with Crippen LogP contribution in [0.15, 0.2) is 12.3 Å². The van der Waals surface area contributed by atoms with Gasteiger partial charge in [0, 0.05) is 12.6 Å². The van der Waals surface area contributed by atoms with E-state index in [1.54, 1.807) is 6.20 Å². The second kappa shape index (κ2) is 4.72. The Hall–Kier alpha value is -1.78. The summed E-state index contributed by atoms with van der Waals surface area (Å²) in [5.74, 6) is 0.350. The van der Waals surface area contributed by atoms with Crippen molar-refractivity contribution in [2.45, 2.75) is 38.1 Å². The van der Waals surface area contributed by atoms with Crippen LogP contribution >= 0.6 is 0 Å². The molecular weight excluding hydrogens is 242 g/mol. The number of fused-ring (bicyclic) bond motifs is 1. The third-order valence-electron chi connectivity index (χ3n) is 4.38. The van der Waals surface area contributed by atoms with Gasteiger partial charge < -0.3 is 15.7 Å². The lowest BCUT2D eigenvalue weighted by Crippen LogP contribution is -2.43. The normalized spacial score (nSPS) is 26.2. The molecule has 102 valence electrons. The minimum Gasteiger partial charge on any atom is -0.478 e. The molecule has 1 saturated heterocycles. The number of rotatable bonds is 2. The Balaban J connectivity index is 1.98. The molecule has 2 atom stereocenters. The molecule has 2 heterocycles. The van der Waals surface area contributed by atoms with Gasteiger partial charge in [-0.15, -0.1) is 0 Å². The molecule has 2 unspecified atom stereocenters. The van der Waals surface area contributed by atoms with Crippen LogP contribution in [0.4, 0.5) is 11.5 Å². The zero-order valence-electron chi connectivity index (χ0n) is 10.9. The fourth-order valence-electron chi connectivity index (χ4n) is 3.58. The molecule has 0 aromatic carbocycles. The molecule has 2 aliphatic rings. The van der Waals surface area contributed by atoms with Crippen molar-refractivity contribution in [1.82, 2.24) is 4.98 Å². The van der Waals surface area contributed by atoms with E-state index >= 15 is 0 Å². The smallest absolute Gasteiger partial charge is 0.339 e. The number of carboxylic acids is 1. The van der Waals surface area contributed by atoms with Crippen LogP contribution in [0.3, 0.4) is 0 Å². The van der Waals surface area contributed by atoms with Gasteiger partial charge in [0.1, 0.15) is 11.4 Å². The lowest BCUT2D eigenvalue weighted by Gasteiger charge is -2.39. The molecule has 0 bridgehead atoms. The molecule has 5 heteroatoms. The minimum atomic E-state index is -0.949. The fraction of sp³-hybridized carbons (Fsp3) is 0.571. The summed E-state index contributed by atoms with van der Waals surface area (Å²) >= 11 is 0. The SMILES string of the molecule is Nc1cnc(N2CCCC3CCCC32)c(C(=O)O)c1. The van der Waals surface area contributed by atoms with Crippen LogP contribution in [0.1, 0.15) is 42.5 Å². The first-order valence-electron chi connectivity index (χ1n) is 6.92. The van der Waals surface area contributed by atoms with Crippen LogP contribution in [0.5, 0.6) is 0 Å². The highest BCUT2D eigenvalue weighted by atomic mass is 16.4. The summed E-state index contributed by atoms with van der Waals surface area (Å²) in [4.78, 5) is 17.9. The Morgan fingerprint density at radius 2 is 2.16 bits per heavy atom. The number of nitrogens with two attached hydrogens (primary N) is 1. The van der Waals surface area contributed by atoms with Gasteiger partial charge in [-0.1, -0.05) is 6.42 Å². The van der Waals surface area contributed by atoms with Gasteiger partial charge in [-0.25, -0.2) is 9.78 Å². The van der Waals surface area contributed by atoms with E-state index in [2.05, 4.69) is 9.88 Å². The summed E-state index contributed by atoms with van der Waals surface area (Å²) in [6, 6.07) is 1.98. The molecule has 3 rings (SSSR count). The average Bonchev–Trinajstić information content (AvgIpc) is 2.86. The maximum absolute atomic E-state index is 11.4. The standard InChI is InChI=1S/C14H19N3O2/c15-10-7-11(14(18)19)13(16-8-10)17-6-2-4-9-3-1-5-12(9)17/h7-9,12H,1-6,15H2,(H,18,19). The lowest BCUT2D eigenvalue weighted by molar-refractivity contribution is 0.0697. The molecule has 1 aliphatic carbocycles. The number of aromatic carboxylic acids is 1. The number of carboxylic acid groups (broad SMARTS) is 1. The molecule has 1 aromatic rings. The first kappa shape index (κ1) is 12.3. The number of aromatic nitrogens is 1. The molecule has 0 radical (unpaired) electrons. The Morgan fingerprint density at radius 3 is 2.95 bits per heavy atom. The van der Waals surface area contributed by atoms with Gasteiger partial charge in [0.2, 0.25) is 0 Å². The second-order valence-electron chi connectivity index (χ2n) is 5.54. The van der Waals surface area contributed by atoms with Crippen molar-refractivity contribution in [2.75, 3.05) is 17.2 Å². The van der Waals surface area contributed by atoms with Crippen LogP contribution in [-0.2, 0) is 0 Å². The van der Waals surface area contributed by atoms with Gasteiger partial charge in [0.25, 0.3) is 0 Å². The number of pyridine rings is 1. The maximum Gasteiger partial charge on any atom is 0.339 e. The summed E-state index contributed by atoms with van der Waals surface area (Å²) < 4.78 is 0. The summed E-state index contributed by atoms with van der Waals surface area (Å²) in [5, 5.41) is 9.34. The second-order valence-corrected chi connectivity index (χ2v) is 5.54. The van der Waals surface area contributed by atoms with E-state index in [0.29, 0.717) is 23.5 Å². The summed E-state index contributed by atoms with van der Waals surface area (Å²) in [7, 11) is 0. The summed E-state index contributed by atoms with van der Waals surface area (Å²) in [6.07, 6.45) is 7.59. The summed E-state index contributed by atoms with van der Waals surface area (Å²) in [6.45, 7) is 0.901. The molecule has 3 N–H and O–H groups in total. The molecule has 19 heavy (non-hydrogen) atoms. The van der Waals surface area contributed by atoms with E-state index in [-0.39, 0.29) is 5.56 Å². The van der Waals surface area contributed by atoms with Crippen molar-refractivity contribution < 1.29 is 9.90 Å². The third-order valence-corrected chi connectivity index (χ3v) is 4.38. The van der Waals surface area contributed by atoms with Crippen LogP contribution in [0.25, 0.3) is 0 Å². The largest absolute Gasteiger partial charge is 0.478 e. The quantitative estimate of drug-likeness (QED) is 0.852. The highest BCUT2D eigenvalue weighted by Gasteiger charge is 2.36. The number of anilines is 2. The Morgan fingerprint density at radius 1 is 1.37 bits per heavy atom. The van der Waals surface area contributed by atoms with Crippen LogP contribution < -0.4 is 10.6 Å². The van der Waals surface area contributed by atoms with Gasteiger partial charge in [-0.05, 0) is 37.7 Å². The van der Waals surface area contributed by atoms with Crippen molar-refractivity contribution >= 4 is 17.5 Å². The van der Waals surface area contributed by atoms with E-state index in [1.165, 1.54) is 25.3 Å². The third kappa shape index (κ3) is 2.13. The van der Waals surface area contributed by atoms with Gasteiger partial charge in [0.15, 0.2) is 0 Å². The van der Waals surface area contributed by atoms with E-state index in [4.69, 9.17) is 5.73 Å². The molecular formula is C14H19N3O2. The Bertz CT molecular complexity index is 503. The van der Waals surface area contributed by atoms with Gasteiger partial charge in [0.05, 0.1) is 11.9 Å². The number of carbonyl (C=O) groups is 1. The number of hydrogen-bond donors (Lipinski definition) is 2. The highest BCUT2D eigenvalue weighted by molar-refractivity contribution is 5.94. The van der Waals surface area contributed by atoms with Crippen LogP contribution in [-0.4, -0.2) is 28.6 Å². The van der Waals surface area contributed by atoms with E-state index in [1.807, 2.05) is 0 Å². The lowest BCUT2D eigenvalue weighted by atomic mass is 9.91. The van der Waals surface area contributed by atoms with Gasteiger partial charge in [-0.2, -0.15) is 0 Å². The van der Waals surface area contributed by atoms with E-state index in [9.17, 15) is 9.90 Å². The van der Waals surface area contributed by atoms with Crippen molar-refractivity contribution in [3.63, 3.8) is 0 Å². The highest BCUT2D eigenvalue weighted by Crippen LogP contribution is 2.39. The first-order valence-corrected chi connectivity index (χ1v) is 6.92. The van der Waals surface area contributed by atoms with Crippen molar-refractivity contribution in [2.24, 2.45) is 5.92 Å². The zero-order valence-corrected chi connectivity index (χ0v) is 10.9.